The van der Waals surface area contributed by atoms with Gasteiger partial charge in [-0.2, -0.15) is 18.4 Å². The highest BCUT2D eigenvalue weighted by Gasteiger charge is 2.30. The van der Waals surface area contributed by atoms with Gasteiger partial charge in [0, 0.05) is 5.56 Å². The normalized spacial score (nSPS) is 13.0. The molecule has 0 bridgehead atoms. The second-order valence-corrected chi connectivity index (χ2v) is 6.97. The average molecular weight is 406 g/mol. The van der Waals surface area contributed by atoms with Crippen molar-refractivity contribution in [1.29, 1.82) is 5.26 Å². The van der Waals surface area contributed by atoms with Gasteiger partial charge in [0.1, 0.15) is 11.8 Å². The van der Waals surface area contributed by atoms with Crippen molar-refractivity contribution in [2.24, 2.45) is 4.99 Å². The summed E-state index contributed by atoms with van der Waals surface area (Å²) in [5.41, 5.74) is 2.95. The number of hydrogen-bond acceptors (Lipinski definition) is 2. The summed E-state index contributed by atoms with van der Waals surface area (Å²) in [6.07, 6.45) is -2.92. The first-order chi connectivity index (χ1) is 14.4. The van der Waals surface area contributed by atoms with E-state index in [0.29, 0.717) is 12.0 Å². The van der Waals surface area contributed by atoms with Crippen LogP contribution in [0.3, 0.4) is 0 Å². The summed E-state index contributed by atoms with van der Waals surface area (Å²) in [4.78, 5) is 4.65. The summed E-state index contributed by atoms with van der Waals surface area (Å²) in [5.74, 6) is 0. The molecule has 2 nitrogen and oxygen atoms in total. The Balaban J connectivity index is 1.98. The fourth-order valence-electron chi connectivity index (χ4n) is 3.19. The molecule has 0 aliphatic carbocycles. The predicted octanol–water partition coefficient (Wildman–Crippen LogP) is 6.56. The third-order valence-corrected chi connectivity index (χ3v) is 4.92. The molecule has 3 aromatic rings. The molecule has 1 atom stereocenters. The Morgan fingerprint density at radius 3 is 2.07 bits per heavy atom. The molecule has 0 spiro atoms. The number of nitriles is 1. The van der Waals surface area contributed by atoms with Gasteiger partial charge in [0.25, 0.3) is 0 Å². The molecule has 0 heterocycles. The Bertz CT molecular complexity index is 1030. The zero-order valence-corrected chi connectivity index (χ0v) is 16.5. The summed E-state index contributed by atoms with van der Waals surface area (Å²) >= 11 is 0. The minimum atomic E-state index is -4.42. The van der Waals surface area contributed by atoms with Crippen LogP contribution in [-0.2, 0) is 19.0 Å². The summed E-state index contributed by atoms with van der Waals surface area (Å²) in [7, 11) is 0. The molecule has 0 fully saturated rings. The Morgan fingerprint density at radius 2 is 1.53 bits per heavy atom. The van der Waals surface area contributed by atoms with Gasteiger partial charge < -0.3 is 0 Å². The zero-order valence-electron chi connectivity index (χ0n) is 16.5. The lowest BCUT2D eigenvalue weighted by molar-refractivity contribution is -0.137. The maximum atomic E-state index is 12.8. The van der Waals surface area contributed by atoms with E-state index in [1.807, 2.05) is 54.6 Å². The van der Waals surface area contributed by atoms with Crippen molar-refractivity contribution in [2.45, 2.75) is 32.0 Å². The second-order valence-electron chi connectivity index (χ2n) is 6.97. The van der Waals surface area contributed by atoms with Crippen LogP contribution in [0.4, 0.5) is 13.2 Å². The Hall–Kier alpha value is -3.39. The van der Waals surface area contributed by atoms with Crippen LogP contribution in [0.5, 0.6) is 0 Å². The van der Waals surface area contributed by atoms with Crippen molar-refractivity contribution >= 4 is 5.71 Å². The van der Waals surface area contributed by atoms with Crippen LogP contribution < -0.4 is 0 Å². The van der Waals surface area contributed by atoms with Gasteiger partial charge in [-0.05, 0) is 41.7 Å². The molecule has 0 aromatic heterocycles. The number of hydrogen-bond donors (Lipinski definition) is 0. The standard InChI is InChI=1S/C25H21F3N2/c1-2-18-8-10-20(11-9-18)23(16-19-6-4-3-5-7-19)30-24(17-29)21-12-14-22(15-13-21)25(26,27)28/h3-15,23H,2,16H2,1H3/b30-24+/t23-/m1/s1. The molecule has 152 valence electrons. The maximum Gasteiger partial charge on any atom is 0.416 e. The highest BCUT2D eigenvalue weighted by molar-refractivity contribution is 6.11. The van der Waals surface area contributed by atoms with E-state index in [2.05, 4.69) is 18.0 Å². The predicted molar refractivity (Wildman–Crippen MR) is 112 cm³/mol. The van der Waals surface area contributed by atoms with Crippen LogP contribution in [0.1, 0.15) is 40.8 Å². The van der Waals surface area contributed by atoms with Crippen LogP contribution in [0.2, 0.25) is 0 Å². The summed E-state index contributed by atoms with van der Waals surface area (Å²) < 4.78 is 38.5. The highest BCUT2D eigenvalue weighted by atomic mass is 19.4. The molecule has 0 amide bonds. The first kappa shape index (κ1) is 21.3. The van der Waals surface area contributed by atoms with E-state index in [0.717, 1.165) is 29.7 Å². The lowest BCUT2D eigenvalue weighted by Gasteiger charge is -2.15. The molecule has 3 rings (SSSR count). The molecule has 0 N–H and O–H groups in total. The van der Waals surface area contributed by atoms with Gasteiger partial charge in [0.15, 0.2) is 0 Å². The molecule has 3 aromatic carbocycles. The number of alkyl halides is 3. The lowest BCUT2D eigenvalue weighted by atomic mass is 9.97. The number of aliphatic imine (C=N–C) groups is 1. The molecular formula is C25H21F3N2. The summed E-state index contributed by atoms with van der Waals surface area (Å²) in [5, 5.41) is 9.65. The fourth-order valence-corrected chi connectivity index (χ4v) is 3.19. The molecule has 0 saturated heterocycles. The van der Waals surface area contributed by atoms with E-state index in [9.17, 15) is 18.4 Å². The minimum Gasteiger partial charge on any atom is -0.265 e. The first-order valence-electron chi connectivity index (χ1n) is 9.69. The van der Waals surface area contributed by atoms with Gasteiger partial charge in [-0.25, -0.2) is 0 Å². The van der Waals surface area contributed by atoms with Crippen LogP contribution in [0, 0.1) is 11.3 Å². The molecule has 0 radical (unpaired) electrons. The number of aryl methyl sites for hydroxylation is 1. The van der Waals surface area contributed by atoms with Gasteiger partial charge in [-0.15, -0.1) is 0 Å². The third kappa shape index (κ3) is 5.36. The van der Waals surface area contributed by atoms with Gasteiger partial charge in [-0.1, -0.05) is 73.7 Å². The lowest BCUT2D eigenvalue weighted by Crippen LogP contribution is -2.08. The number of rotatable bonds is 6. The Labute approximate surface area is 174 Å². The van der Waals surface area contributed by atoms with E-state index in [1.54, 1.807) is 0 Å². The van der Waals surface area contributed by atoms with E-state index >= 15 is 0 Å². The van der Waals surface area contributed by atoms with Crippen LogP contribution in [0.15, 0.2) is 83.9 Å². The minimum absolute atomic E-state index is 0.115. The monoisotopic (exact) mass is 406 g/mol. The summed E-state index contributed by atoms with van der Waals surface area (Å²) in [6, 6.07) is 24.1. The van der Waals surface area contributed by atoms with E-state index < -0.39 is 11.7 Å². The Kier molecular flexibility index (Phi) is 6.68. The first-order valence-corrected chi connectivity index (χ1v) is 9.69. The van der Waals surface area contributed by atoms with Crippen LogP contribution in [-0.4, -0.2) is 5.71 Å². The smallest absolute Gasteiger partial charge is 0.265 e. The van der Waals surface area contributed by atoms with Gasteiger partial charge in [0.05, 0.1) is 11.6 Å². The van der Waals surface area contributed by atoms with Crippen molar-refractivity contribution in [3.63, 3.8) is 0 Å². The third-order valence-electron chi connectivity index (χ3n) is 4.92. The average Bonchev–Trinajstić information content (AvgIpc) is 2.77. The largest absolute Gasteiger partial charge is 0.416 e. The molecule has 0 saturated carbocycles. The van der Waals surface area contributed by atoms with Crippen molar-refractivity contribution < 1.29 is 13.2 Å². The van der Waals surface area contributed by atoms with Gasteiger partial charge in [0.2, 0.25) is 0 Å². The van der Waals surface area contributed by atoms with Crippen molar-refractivity contribution in [3.8, 4) is 6.07 Å². The van der Waals surface area contributed by atoms with Gasteiger partial charge >= 0.3 is 6.18 Å². The molecule has 5 heteroatoms. The SMILES string of the molecule is CCc1ccc([C@@H](Cc2ccccc2)/N=C(\C#N)c2ccc(C(F)(F)F)cc2)cc1. The number of benzene rings is 3. The number of nitrogens with zero attached hydrogens (tertiary/aromatic N) is 2. The van der Waals surface area contributed by atoms with Crippen molar-refractivity contribution in [3.05, 3.63) is 107 Å². The zero-order chi connectivity index (χ0) is 21.6. The van der Waals surface area contributed by atoms with Gasteiger partial charge in [-0.3, -0.25) is 4.99 Å². The van der Waals surface area contributed by atoms with E-state index in [4.69, 9.17) is 0 Å². The topological polar surface area (TPSA) is 36.1 Å². The molecule has 30 heavy (non-hydrogen) atoms. The second kappa shape index (κ2) is 9.41. The molecule has 0 aliphatic rings. The molecular weight excluding hydrogens is 385 g/mol. The molecule has 0 aliphatic heterocycles. The molecule has 0 unspecified atom stereocenters. The van der Waals surface area contributed by atoms with Crippen LogP contribution in [0.25, 0.3) is 0 Å². The van der Waals surface area contributed by atoms with Crippen molar-refractivity contribution in [1.82, 2.24) is 0 Å². The summed E-state index contributed by atoms with van der Waals surface area (Å²) in [6.45, 7) is 2.08. The number of halogens is 3. The highest BCUT2D eigenvalue weighted by Crippen LogP contribution is 2.30. The quantitative estimate of drug-likeness (QED) is 0.427. The fraction of sp³-hybridized carbons (Fsp3) is 0.200. The Morgan fingerprint density at radius 1 is 0.900 bits per heavy atom. The van der Waals surface area contributed by atoms with Crippen LogP contribution >= 0.6 is 0 Å². The van der Waals surface area contributed by atoms with Crippen molar-refractivity contribution in [2.75, 3.05) is 0 Å². The van der Waals surface area contributed by atoms with E-state index in [-0.39, 0.29) is 11.8 Å². The maximum absolute atomic E-state index is 12.8. The van der Waals surface area contributed by atoms with E-state index in [1.165, 1.54) is 17.7 Å².